The van der Waals surface area contributed by atoms with Gasteiger partial charge in [-0.25, -0.2) is 0 Å². The number of rotatable bonds is 5. The minimum absolute atomic E-state index is 0.529. The van der Waals surface area contributed by atoms with Crippen LogP contribution in [0.15, 0.2) is 24.3 Å². The van der Waals surface area contributed by atoms with Crippen LogP contribution in [-0.4, -0.2) is 0 Å². The van der Waals surface area contributed by atoms with Crippen molar-refractivity contribution in [2.45, 2.75) is 39.0 Å². The van der Waals surface area contributed by atoms with Crippen LogP contribution in [0.3, 0.4) is 0 Å². The van der Waals surface area contributed by atoms with Crippen LogP contribution in [0.4, 0.5) is 0 Å². The van der Waals surface area contributed by atoms with Crippen LogP contribution in [0.5, 0.6) is 0 Å². The first kappa shape index (κ1) is 10.8. The Hall–Kier alpha value is -1.29. The van der Waals surface area contributed by atoms with Crippen LogP contribution in [0.2, 0.25) is 0 Å². The van der Waals surface area contributed by atoms with Crippen LogP contribution in [0.25, 0.3) is 0 Å². The van der Waals surface area contributed by atoms with Gasteiger partial charge in [-0.2, -0.15) is 5.26 Å². The van der Waals surface area contributed by atoms with Gasteiger partial charge in [-0.3, -0.25) is 0 Å². The van der Waals surface area contributed by atoms with Gasteiger partial charge in [-0.05, 0) is 24.0 Å². The molecule has 1 nitrogen and oxygen atoms in total. The molecule has 0 unspecified atom stereocenters. The first-order valence-corrected chi connectivity index (χ1v) is 5.31. The van der Waals surface area contributed by atoms with Crippen molar-refractivity contribution in [3.63, 3.8) is 0 Å². The molecular formula is C13H17N. The lowest BCUT2D eigenvalue weighted by Gasteiger charge is -2.02. The van der Waals surface area contributed by atoms with Crippen molar-refractivity contribution < 1.29 is 0 Å². The molecule has 0 spiro atoms. The van der Waals surface area contributed by atoms with Crippen LogP contribution in [0.1, 0.15) is 37.3 Å². The van der Waals surface area contributed by atoms with Gasteiger partial charge < -0.3 is 0 Å². The molecule has 74 valence electrons. The van der Waals surface area contributed by atoms with Crippen molar-refractivity contribution in [3.8, 4) is 6.07 Å². The van der Waals surface area contributed by atoms with E-state index in [-0.39, 0.29) is 0 Å². The van der Waals surface area contributed by atoms with Crippen LogP contribution < -0.4 is 0 Å². The molecule has 0 fully saturated rings. The number of hydrogen-bond donors (Lipinski definition) is 0. The van der Waals surface area contributed by atoms with Crippen molar-refractivity contribution in [1.29, 1.82) is 5.26 Å². The third-order valence-corrected chi connectivity index (χ3v) is 2.34. The molecule has 0 atom stereocenters. The van der Waals surface area contributed by atoms with Crippen LogP contribution >= 0.6 is 0 Å². The van der Waals surface area contributed by atoms with E-state index in [2.05, 4.69) is 25.1 Å². The van der Waals surface area contributed by atoms with E-state index in [4.69, 9.17) is 5.26 Å². The zero-order valence-corrected chi connectivity index (χ0v) is 8.79. The fourth-order valence-electron chi connectivity index (χ4n) is 1.57. The molecule has 1 heteroatoms. The second kappa shape index (κ2) is 6.21. The van der Waals surface area contributed by atoms with E-state index in [9.17, 15) is 0 Å². The summed E-state index contributed by atoms with van der Waals surface area (Å²) in [6, 6.07) is 10.5. The SMILES string of the molecule is CCCCCc1cccc(CC#N)c1. The minimum Gasteiger partial charge on any atom is -0.198 e. The van der Waals surface area contributed by atoms with Crippen molar-refractivity contribution in [2.24, 2.45) is 0 Å². The van der Waals surface area contributed by atoms with Crippen LogP contribution in [-0.2, 0) is 12.8 Å². The monoisotopic (exact) mass is 187 g/mol. The number of hydrogen-bond acceptors (Lipinski definition) is 1. The summed E-state index contributed by atoms with van der Waals surface area (Å²) in [5, 5.41) is 8.57. The van der Waals surface area contributed by atoms with Gasteiger partial charge in [0.2, 0.25) is 0 Å². The highest BCUT2D eigenvalue weighted by molar-refractivity contribution is 5.25. The molecule has 0 aliphatic carbocycles. The lowest BCUT2D eigenvalue weighted by molar-refractivity contribution is 0.717. The summed E-state index contributed by atoms with van der Waals surface area (Å²) in [5.74, 6) is 0. The van der Waals surface area contributed by atoms with Gasteiger partial charge in [0.25, 0.3) is 0 Å². The average Bonchev–Trinajstić information content (AvgIpc) is 2.19. The second-order valence-corrected chi connectivity index (χ2v) is 3.61. The van der Waals surface area contributed by atoms with Crippen molar-refractivity contribution in [2.75, 3.05) is 0 Å². The Morgan fingerprint density at radius 2 is 2.00 bits per heavy atom. The number of unbranched alkanes of at least 4 members (excludes halogenated alkanes) is 2. The molecule has 0 N–H and O–H groups in total. The summed E-state index contributed by atoms with van der Waals surface area (Å²) in [5.41, 5.74) is 2.51. The van der Waals surface area contributed by atoms with E-state index < -0.39 is 0 Å². The summed E-state index contributed by atoms with van der Waals surface area (Å²) in [4.78, 5) is 0. The van der Waals surface area contributed by atoms with Crippen molar-refractivity contribution in [3.05, 3.63) is 35.4 Å². The van der Waals surface area contributed by atoms with E-state index in [1.54, 1.807) is 0 Å². The quantitative estimate of drug-likeness (QED) is 0.647. The van der Waals surface area contributed by atoms with E-state index >= 15 is 0 Å². The van der Waals surface area contributed by atoms with Gasteiger partial charge in [0.05, 0.1) is 12.5 Å². The Morgan fingerprint density at radius 3 is 2.71 bits per heavy atom. The zero-order valence-electron chi connectivity index (χ0n) is 8.79. The molecule has 0 aliphatic heterocycles. The fourth-order valence-corrected chi connectivity index (χ4v) is 1.57. The second-order valence-electron chi connectivity index (χ2n) is 3.61. The number of aryl methyl sites for hydroxylation is 1. The topological polar surface area (TPSA) is 23.8 Å². The van der Waals surface area contributed by atoms with Crippen LogP contribution in [0, 0.1) is 11.3 Å². The molecule has 0 aliphatic rings. The highest BCUT2D eigenvalue weighted by Gasteiger charge is 1.95. The molecule has 0 heterocycles. The normalized spacial score (nSPS) is 9.71. The van der Waals surface area contributed by atoms with E-state index in [0.717, 1.165) is 12.0 Å². The fraction of sp³-hybridized carbons (Fsp3) is 0.462. The number of nitrogens with zero attached hydrogens (tertiary/aromatic N) is 1. The predicted octanol–water partition coefficient (Wildman–Crippen LogP) is 3.49. The third kappa shape index (κ3) is 3.62. The molecule has 14 heavy (non-hydrogen) atoms. The predicted molar refractivity (Wildman–Crippen MR) is 59.0 cm³/mol. The molecule has 1 rings (SSSR count). The molecule has 0 radical (unpaired) electrons. The van der Waals surface area contributed by atoms with Gasteiger partial charge in [0.15, 0.2) is 0 Å². The molecule has 0 saturated heterocycles. The van der Waals surface area contributed by atoms with Gasteiger partial charge in [0, 0.05) is 0 Å². The first-order valence-electron chi connectivity index (χ1n) is 5.31. The van der Waals surface area contributed by atoms with Crippen molar-refractivity contribution >= 4 is 0 Å². The standard InChI is InChI=1S/C13H17N/c1-2-3-4-6-12-7-5-8-13(11-12)9-10-14/h5,7-8,11H,2-4,6,9H2,1H3. The van der Waals surface area contributed by atoms with Gasteiger partial charge in [0.1, 0.15) is 0 Å². The summed E-state index contributed by atoms with van der Waals surface area (Å²) in [7, 11) is 0. The average molecular weight is 187 g/mol. The Kier molecular flexibility index (Phi) is 4.78. The van der Waals surface area contributed by atoms with E-state index in [0.29, 0.717) is 6.42 Å². The smallest absolute Gasteiger partial charge is 0.0669 e. The van der Waals surface area contributed by atoms with E-state index in [1.165, 1.54) is 24.8 Å². The van der Waals surface area contributed by atoms with Crippen molar-refractivity contribution in [1.82, 2.24) is 0 Å². The minimum atomic E-state index is 0.529. The maximum absolute atomic E-state index is 8.57. The largest absolute Gasteiger partial charge is 0.198 e. The number of nitriles is 1. The molecule has 0 saturated carbocycles. The first-order chi connectivity index (χ1) is 6.86. The summed E-state index contributed by atoms with van der Waals surface area (Å²) in [6.07, 6.45) is 5.49. The Morgan fingerprint density at radius 1 is 1.21 bits per heavy atom. The molecule has 0 amide bonds. The van der Waals surface area contributed by atoms with E-state index in [1.807, 2.05) is 12.1 Å². The summed E-state index contributed by atoms with van der Waals surface area (Å²) >= 11 is 0. The maximum atomic E-state index is 8.57. The number of benzene rings is 1. The van der Waals surface area contributed by atoms with Gasteiger partial charge in [-0.15, -0.1) is 0 Å². The lowest BCUT2D eigenvalue weighted by Crippen LogP contribution is -1.88. The molecule has 1 aromatic carbocycles. The molecule has 1 aromatic rings. The summed E-state index contributed by atoms with van der Waals surface area (Å²) in [6.45, 7) is 2.21. The third-order valence-electron chi connectivity index (χ3n) is 2.34. The Labute approximate surface area is 86.4 Å². The van der Waals surface area contributed by atoms with Gasteiger partial charge >= 0.3 is 0 Å². The Balaban J connectivity index is 2.51. The molecule has 0 aromatic heterocycles. The summed E-state index contributed by atoms with van der Waals surface area (Å²) < 4.78 is 0. The lowest BCUT2D eigenvalue weighted by atomic mass is 10.0. The highest BCUT2D eigenvalue weighted by Crippen LogP contribution is 2.09. The highest BCUT2D eigenvalue weighted by atomic mass is 14.2. The molecular weight excluding hydrogens is 170 g/mol. The Bertz CT molecular complexity index is 309. The molecule has 0 bridgehead atoms. The van der Waals surface area contributed by atoms with Gasteiger partial charge in [-0.1, -0.05) is 44.0 Å². The maximum Gasteiger partial charge on any atom is 0.0669 e. The zero-order chi connectivity index (χ0) is 10.2.